The highest BCUT2D eigenvalue weighted by Crippen LogP contribution is 2.53. The first kappa shape index (κ1) is 45.0. The van der Waals surface area contributed by atoms with Crippen LogP contribution in [0.15, 0.2) is 65.8 Å². The minimum Gasteiger partial charge on any atom is -0.490 e. The number of unbranched alkanes of at least 4 members (excludes halogenated alkanes) is 2. The minimum atomic E-state index is -1.75. The number of aromatic nitrogens is 1. The van der Waals surface area contributed by atoms with Gasteiger partial charge in [-0.25, -0.2) is 4.79 Å². The fourth-order valence-electron chi connectivity index (χ4n) is 7.15. The fraction of sp³-hybridized carbons (Fsp3) is 0.558. The monoisotopic (exact) mass is 855 g/mol. The van der Waals surface area contributed by atoms with Gasteiger partial charge in [0.2, 0.25) is 5.91 Å². The van der Waals surface area contributed by atoms with E-state index in [2.05, 4.69) is 39.1 Å². The lowest BCUT2D eigenvalue weighted by Gasteiger charge is -2.32. The molecule has 2 saturated carbocycles. The Morgan fingerprint density at radius 3 is 2.44 bits per heavy atom. The summed E-state index contributed by atoms with van der Waals surface area (Å²) in [7, 11) is 0. The number of thioether (sulfide) groups is 1. The lowest BCUT2D eigenvalue weighted by Crippen LogP contribution is -2.52. The van der Waals surface area contributed by atoms with E-state index in [4.69, 9.17) is 26.2 Å². The maximum absolute atomic E-state index is 12.5. The van der Waals surface area contributed by atoms with E-state index in [-0.39, 0.29) is 31.1 Å². The van der Waals surface area contributed by atoms with Gasteiger partial charge in [0.05, 0.1) is 37.6 Å². The molecule has 322 valence electrons. The second kappa shape index (κ2) is 21.8. The SMILES string of the molecule is O=C(CN1CCC(NC(=O)NCCCCCSc2ccc(Cl)c(COC3(c4cnccc4-c4ccccc4OC4CC4)CC3)c2)CC1)NCC(O)C(O)C(O)C(O)CO. The molecule has 0 radical (unpaired) electrons. The number of amides is 3. The zero-order valence-corrected chi connectivity index (χ0v) is 34.9. The third-order valence-electron chi connectivity index (χ3n) is 11.0. The average molecular weight is 856 g/mol. The van der Waals surface area contributed by atoms with Gasteiger partial charge in [-0.05, 0) is 98.6 Å². The van der Waals surface area contributed by atoms with Crippen molar-refractivity contribution in [2.45, 2.75) is 111 Å². The van der Waals surface area contributed by atoms with Crippen molar-refractivity contribution in [2.75, 3.05) is 45.1 Å². The Morgan fingerprint density at radius 2 is 1.69 bits per heavy atom. The number of hydrogen-bond acceptors (Lipinski definition) is 12. The number of benzene rings is 2. The van der Waals surface area contributed by atoms with Gasteiger partial charge >= 0.3 is 6.03 Å². The highest BCUT2D eigenvalue weighted by Gasteiger charge is 2.48. The van der Waals surface area contributed by atoms with Gasteiger partial charge in [-0.3, -0.25) is 14.7 Å². The van der Waals surface area contributed by atoms with Gasteiger partial charge in [0.25, 0.3) is 0 Å². The lowest BCUT2D eigenvalue weighted by molar-refractivity contribution is -0.127. The van der Waals surface area contributed by atoms with Crippen LogP contribution in [0.1, 0.15) is 68.9 Å². The third kappa shape index (κ3) is 13.2. The number of pyridine rings is 1. The summed E-state index contributed by atoms with van der Waals surface area (Å²) in [6, 6.07) is 16.2. The molecule has 16 heteroatoms. The van der Waals surface area contributed by atoms with Gasteiger partial charge in [-0.2, -0.15) is 0 Å². The Kier molecular flexibility index (Phi) is 16.7. The molecule has 1 saturated heterocycles. The van der Waals surface area contributed by atoms with E-state index in [1.807, 2.05) is 47.6 Å². The summed E-state index contributed by atoms with van der Waals surface area (Å²) in [5.74, 6) is 1.48. The smallest absolute Gasteiger partial charge is 0.315 e. The Bertz CT molecular complexity index is 1830. The molecule has 1 aromatic heterocycles. The number of aliphatic hydroxyl groups excluding tert-OH is 5. The molecule has 4 unspecified atom stereocenters. The molecule has 3 aliphatic rings. The minimum absolute atomic E-state index is 0.00591. The molecule has 14 nitrogen and oxygen atoms in total. The number of ether oxygens (including phenoxy) is 2. The molecule has 59 heavy (non-hydrogen) atoms. The van der Waals surface area contributed by atoms with Gasteiger partial charge in [0.1, 0.15) is 24.1 Å². The third-order valence-corrected chi connectivity index (χ3v) is 12.5. The number of halogens is 1. The maximum atomic E-state index is 12.5. The molecule has 3 amide bonds. The first-order chi connectivity index (χ1) is 28.5. The number of nitrogens with zero attached hydrogens (tertiary/aromatic N) is 2. The molecule has 3 aromatic rings. The Hall–Kier alpha value is -3.51. The van der Waals surface area contributed by atoms with Crippen LogP contribution in [0.5, 0.6) is 5.75 Å². The zero-order chi connectivity index (χ0) is 41.8. The van der Waals surface area contributed by atoms with Crippen molar-refractivity contribution < 1.29 is 44.6 Å². The lowest BCUT2D eigenvalue weighted by atomic mass is 9.96. The van der Waals surface area contributed by atoms with Crippen LogP contribution in [0.25, 0.3) is 11.1 Å². The van der Waals surface area contributed by atoms with E-state index in [1.54, 1.807) is 11.8 Å². The molecular weight excluding hydrogens is 798 g/mol. The van der Waals surface area contributed by atoms with Crippen LogP contribution in [-0.4, -0.2) is 129 Å². The van der Waals surface area contributed by atoms with Crippen molar-refractivity contribution in [3.8, 4) is 16.9 Å². The number of likely N-dealkylation sites (tertiary alicyclic amines) is 1. The van der Waals surface area contributed by atoms with Gasteiger partial charge in [-0.1, -0.05) is 36.2 Å². The summed E-state index contributed by atoms with van der Waals surface area (Å²) in [5, 5.41) is 57.1. The number of aliphatic hydroxyl groups is 5. The van der Waals surface area contributed by atoms with E-state index in [1.165, 1.54) is 0 Å². The molecule has 0 bridgehead atoms. The van der Waals surface area contributed by atoms with E-state index >= 15 is 0 Å². The molecule has 0 spiro atoms. The van der Waals surface area contributed by atoms with E-state index in [0.29, 0.717) is 50.2 Å². The molecule has 1 aliphatic heterocycles. The normalized spacial score (nSPS) is 18.7. The summed E-state index contributed by atoms with van der Waals surface area (Å²) < 4.78 is 12.9. The zero-order valence-electron chi connectivity index (χ0n) is 33.3. The average Bonchev–Trinajstić information content (AvgIpc) is 4.20. The second-order valence-electron chi connectivity index (χ2n) is 15.7. The number of piperidine rings is 1. The topological polar surface area (TPSA) is 206 Å². The van der Waals surface area contributed by atoms with E-state index in [9.17, 15) is 30.0 Å². The molecule has 8 N–H and O–H groups in total. The summed E-state index contributed by atoms with van der Waals surface area (Å²) in [4.78, 5) is 32.4. The highest BCUT2D eigenvalue weighted by atomic mass is 35.5. The maximum Gasteiger partial charge on any atom is 0.315 e. The molecular formula is C43H58ClN5O9S. The number of para-hydroxylation sites is 1. The van der Waals surface area contributed by atoms with Crippen LogP contribution < -0.4 is 20.7 Å². The number of urea groups is 1. The van der Waals surface area contributed by atoms with Crippen LogP contribution >= 0.6 is 23.4 Å². The van der Waals surface area contributed by atoms with E-state index < -0.39 is 36.6 Å². The van der Waals surface area contributed by atoms with Gasteiger partial charge in [0, 0.05) is 65.7 Å². The summed E-state index contributed by atoms with van der Waals surface area (Å²) in [5.41, 5.74) is 3.79. The first-order valence-corrected chi connectivity index (χ1v) is 22.0. The first-order valence-electron chi connectivity index (χ1n) is 20.7. The summed E-state index contributed by atoms with van der Waals surface area (Å²) in [6.45, 7) is 1.16. The highest BCUT2D eigenvalue weighted by molar-refractivity contribution is 7.99. The largest absolute Gasteiger partial charge is 0.490 e. The number of carbonyl (C=O) groups is 2. The van der Waals surface area contributed by atoms with E-state index in [0.717, 1.165) is 83.6 Å². The second-order valence-corrected chi connectivity index (χ2v) is 17.3. The molecule has 2 heterocycles. The van der Waals surface area contributed by atoms with Gasteiger partial charge < -0.3 is 51.0 Å². The molecule has 3 fully saturated rings. The Balaban J connectivity index is 0.840. The molecule has 2 aliphatic carbocycles. The van der Waals surface area contributed by atoms with Crippen LogP contribution in [-0.2, 0) is 21.7 Å². The molecule has 2 aromatic carbocycles. The van der Waals surface area contributed by atoms with Crippen molar-refractivity contribution in [2.24, 2.45) is 0 Å². The van der Waals surface area contributed by atoms with Crippen molar-refractivity contribution in [1.82, 2.24) is 25.8 Å². The molecule has 4 atom stereocenters. The predicted molar refractivity (Wildman–Crippen MR) is 225 cm³/mol. The number of rotatable bonds is 23. The van der Waals surface area contributed by atoms with Crippen LogP contribution in [0.4, 0.5) is 4.79 Å². The number of hydrogen-bond donors (Lipinski definition) is 8. The van der Waals surface area contributed by atoms with Crippen LogP contribution in [0, 0.1) is 0 Å². The number of carbonyl (C=O) groups excluding carboxylic acids is 2. The van der Waals surface area contributed by atoms with Crippen molar-refractivity contribution in [3.05, 3.63) is 77.1 Å². The van der Waals surface area contributed by atoms with Crippen LogP contribution in [0.3, 0.4) is 0 Å². The standard InChI is InChI=1S/C43H58ClN5O9S/c44-35-11-10-31(22-28(35)27-57-43(15-16-43)34-23-45-18-12-32(34)33-6-2-3-7-38(33)58-30-8-9-30)59-21-5-1-4-17-46-42(56)48-29-13-19-49(20-14-29)25-39(53)47-24-36(51)40(54)41(55)37(52)26-50/h2-3,6-7,10-12,18,22-23,29-30,36-37,40-41,50-52,54-55H,1,4-5,8-9,13-17,19-21,24-27H2,(H,47,53)(H2,46,48,56). The summed E-state index contributed by atoms with van der Waals surface area (Å²) in [6.07, 6.45) is 5.68. The van der Waals surface area contributed by atoms with Crippen molar-refractivity contribution >= 4 is 35.3 Å². The van der Waals surface area contributed by atoms with Gasteiger partial charge in [0.15, 0.2) is 0 Å². The van der Waals surface area contributed by atoms with Crippen LogP contribution in [0.2, 0.25) is 5.02 Å². The Labute approximate surface area is 355 Å². The van der Waals surface area contributed by atoms with Crippen molar-refractivity contribution in [3.63, 3.8) is 0 Å². The number of nitrogens with one attached hydrogen (secondary N) is 3. The summed E-state index contributed by atoms with van der Waals surface area (Å²) >= 11 is 8.45. The molecule has 6 rings (SSSR count). The predicted octanol–water partition coefficient (Wildman–Crippen LogP) is 3.73. The van der Waals surface area contributed by atoms with Gasteiger partial charge in [-0.15, -0.1) is 11.8 Å². The Morgan fingerprint density at radius 1 is 0.932 bits per heavy atom. The quantitative estimate of drug-likeness (QED) is 0.0508. The fourth-order valence-corrected chi connectivity index (χ4v) is 8.30. The van der Waals surface area contributed by atoms with Crippen molar-refractivity contribution in [1.29, 1.82) is 0 Å².